The molecule has 0 saturated carbocycles. The van der Waals surface area contributed by atoms with Gasteiger partial charge < -0.3 is 5.73 Å². The summed E-state index contributed by atoms with van der Waals surface area (Å²) in [6, 6.07) is 0. The minimum atomic E-state index is -0.568. The Hall–Kier alpha value is -0.250. The summed E-state index contributed by atoms with van der Waals surface area (Å²) in [5.41, 5.74) is 5.58. The van der Waals surface area contributed by atoms with E-state index in [-0.39, 0.29) is 24.1 Å². The van der Waals surface area contributed by atoms with Crippen molar-refractivity contribution in [3.8, 4) is 0 Å². The van der Waals surface area contributed by atoms with E-state index in [1.54, 1.807) is 0 Å². The maximum absolute atomic E-state index is 12.3. The second-order valence-electron chi connectivity index (χ2n) is 3.98. The Morgan fingerprint density at radius 2 is 1.30 bits per heavy atom. The molecule has 0 spiro atoms. The molecule has 5 nitrogen and oxygen atoms in total. The van der Waals surface area contributed by atoms with Crippen LogP contribution >= 0.6 is 63.7 Å². The first-order chi connectivity index (χ1) is 9.27. The molecule has 1 aromatic carbocycles. The van der Waals surface area contributed by atoms with Crippen LogP contribution in [0.4, 0.5) is 0 Å². The number of nitrogens with two attached hydrogens (primary N) is 1. The molecule has 0 saturated heterocycles. The molecular formula is C11H6Br4N2O3. The molecule has 0 aromatic heterocycles. The van der Waals surface area contributed by atoms with Crippen LogP contribution in [0.2, 0.25) is 0 Å². The Labute approximate surface area is 147 Å². The van der Waals surface area contributed by atoms with E-state index in [9.17, 15) is 14.4 Å². The number of fused-ring (bicyclic) bond motifs is 1. The fraction of sp³-hybridized carbons (Fsp3) is 0.182. The zero-order chi connectivity index (χ0) is 15.2. The molecule has 1 aliphatic rings. The minimum Gasteiger partial charge on any atom is -0.370 e. The number of nitrogens with zero attached hydrogens (tertiary/aromatic N) is 1. The monoisotopic (exact) mass is 530 g/mol. The first-order valence-electron chi connectivity index (χ1n) is 5.27. The van der Waals surface area contributed by atoms with Gasteiger partial charge in [0.05, 0.1) is 11.1 Å². The van der Waals surface area contributed by atoms with Crippen LogP contribution in [-0.2, 0) is 4.79 Å². The molecule has 20 heavy (non-hydrogen) atoms. The lowest BCUT2D eigenvalue weighted by Gasteiger charge is -2.11. The molecular weight excluding hydrogens is 528 g/mol. The van der Waals surface area contributed by atoms with E-state index in [0.29, 0.717) is 17.9 Å². The summed E-state index contributed by atoms with van der Waals surface area (Å²) >= 11 is 13.3. The number of carbonyl (C=O) groups excluding carboxylic acids is 3. The lowest BCUT2D eigenvalue weighted by Crippen LogP contribution is -2.33. The van der Waals surface area contributed by atoms with E-state index >= 15 is 0 Å². The molecule has 2 N–H and O–H groups in total. The number of primary amides is 1. The second-order valence-corrected chi connectivity index (χ2v) is 7.16. The standard InChI is InChI=1S/C11H6Br4N2O3/c12-6-4-5(7(13)9(15)8(6)14)11(20)17(10(4)19)2-1-3(16)18/h1-2H2,(H2,16,18). The zero-order valence-corrected chi connectivity index (χ0v) is 16.0. The Kier molecular flexibility index (Phi) is 4.73. The summed E-state index contributed by atoms with van der Waals surface area (Å²) in [6.45, 7) is -0.0319. The highest BCUT2D eigenvalue weighted by Crippen LogP contribution is 2.45. The van der Waals surface area contributed by atoms with Gasteiger partial charge in [-0.15, -0.1) is 0 Å². The lowest BCUT2D eigenvalue weighted by molar-refractivity contribution is -0.118. The van der Waals surface area contributed by atoms with Crippen molar-refractivity contribution < 1.29 is 14.4 Å². The fourth-order valence-electron chi connectivity index (χ4n) is 1.82. The molecule has 0 aliphatic carbocycles. The lowest BCUT2D eigenvalue weighted by atomic mass is 10.1. The van der Waals surface area contributed by atoms with Crippen LogP contribution in [0.5, 0.6) is 0 Å². The van der Waals surface area contributed by atoms with E-state index in [1.807, 2.05) is 0 Å². The SMILES string of the molecule is NC(=O)CCN1C(=O)c2c(Br)c(Br)c(Br)c(Br)c2C1=O. The van der Waals surface area contributed by atoms with Crippen LogP contribution in [0.25, 0.3) is 0 Å². The molecule has 2 rings (SSSR count). The number of halogens is 4. The van der Waals surface area contributed by atoms with Crippen LogP contribution in [-0.4, -0.2) is 29.2 Å². The average Bonchev–Trinajstić information content (AvgIpc) is 2.63. The van der Waals surface area contributed by atoms with Crippen LogP contribution in [0.15, 0.2) is 17.9 Å². The quantitative estimate of drug-likeness (QED) is 0.368. The smallest absolute Gasteiger partial charge is 0.262 e. The number of hydrogen-bond acceptors (Lipinski definition) is 3. The molecule has 106 valence electrons. The summed E-state index contributed by atoms with van der Waals surface area (Å²) in [4.78, 5) is 36.5. The average molecular weight is 534 g/mol. The van der Waals surface area contributed by atoms with Gasteiger partial charge >= 0.3 is 0 Å². The van der Waals surface area contributed by atoms with Gasteiger partial charge in [0.2, 0.25) is 5.91 Å². The summed E-state index contributed by atoms with van der Waals surface area (Å²) in [5, 5.41) is 0. The normalized spacial score (nSPS) is 13.9. The largest absolute Gasteiger partial charge is 0.370 e. The third-order valence-corrected chi connectivity index (χ3v) is 7.54. The number of imide groups is 1. The topological polar surface area (TPSA) is 80.5 Å². The molecule has 1 aliphatic heterocycles. The maximum Gasteiger partial charge on any atom is 0.262 e. The zero-order valence-electron chi connectivity index (χ0n) is 9.68. The maximum atomic E-state index is 12.3. The Bertz CT molecular complexity index is 613. The van der Waals surface area contributed by atoms with Crippen molar-refractivity contribution in [2.45, 2.75) is 6.42 Å². The molecule has 1 heterocycles. The number of amides is 3. The van der Waals surface area contributed by atoms with Crippen LogP contribution in [0.3, 0.4) is 0 Å². The summed E-state index contributed by atoms with van der Waals surface area (Å²) in [5.74, 6) is -1.47. The van der Waals surface area contributed by atoms with Gasteiger partial charge in [-0.1, -0.05) is 0 Å². The molecule has 0 atom stereocenters. The summed E-state index contributed by atoms with van der Waals surface area (Å²) < 4.78 is 2.23. The van der Waals surface area contributed by atoms with Crippen molar-refractivity contribution in [2.24, 2.45) is 5.73 Å². The van der Waals surface area contributed by atoms with Crippen molar-refractivity contribution in [1.82, 2.24) is 4.90 Å². The van der Waals surface area contributed by atoms with Gasteiger partial charge in [0.25, 0.3) is 11.8 Å². The Morgan fingerprint density at radius 3 is 1.65 bits per heavy atom. The molecule has 0 radical (unpaired) electrons. The van der Waals surface area contributed by atoms with E-state index in [4.69, 9.17) is 5.73 Å². The summed E-state index contributed by atoms with van der Waals surface area (Å²) in [7, 11) is 0. The van der Waals surface area contributed by atoms with Crippen molar-refractivity contribution in [1.29, 1.82) is 0 Å². The van der Waals surface area contributed by atoms with Gasteiger partial charge in [-0.2, -0.15) is 0 Å². The van der Waals surface area contributed by atoms with Crippen LogP contribution in [0, 0.1) is 0 Å². The van der Waals surface area contributed by atoms with Crippen LogP contribution in [0.1, 0.15) is 27.1 Å². The molecule has 9 heteroatoms. The van der Waals surface area contributed by atoms with E-state index < -0.39 is 17.7 Å². The highest BCUT2D eigenvalue weighted by molar-refractivity contribution is 9.15. The molecule has 1 aromatic rings. The van der Waals surface area contributed by atoms with Crippen molar-refractivity contribution in [3.05, 3.63) is 29.0 Å². The predicted molar refractivity (Wildman–Crippen MR) is 86.4 cm³/mol. The number of hydrogen-bond donors (Lipinski definition) is 1. The van der Waals surface area contributed by atoms with Crippen LogP contribution < -0.4 is 5.73 Å². The molecule has 0 bridgehead atoms. The van der Waals surface area contributed by atoms with Gasteiger partial charge in [-0.05, 0) is 63.7 Å². The first kappa shape index (κ1) is 16.1. The number of benzene rings is 1. The predicted octanol–water partition coefficient (Wildman–Crippen LogP) is 3.21. The summed E-state index contributed by atoms with van der Waals surface area (Å²) in [6.07, 6.45) is -0.0664. The van der Waals surface area contributed by atoms with Gasteiger partial charge in [-0.25, -0.2) is 0 Å². The third-order valence-electron chi connectivity index (χ3n) is 2.77. The fourth-order valence-corrected chi connectivity index (χ4v) is 4.28. The van der Waals surface area contributed by atoms with E-state index in [0.717, 1.165) is 4.90 Å². The second kappa shape index (κ2) is 5.86. The third kappa shape index (κ3) is 2.49. The molecule has 0 fully saturated rings. The van der Waals surface area contributed by atoms with Gasteiger partial charge in [0.15, 0.2) is 0 Å². The van der Waals surface area contributed by atoms with E-state index in [1.165, 1.54) is 0 Å². The Morgan fingerprint density at radius 1 is 0.900 bits per heavy atom. The van der Waals surface area contributed by atoms with E-state index in [2.05, 4.69) is 63.7 Å². The highest BCUT2D eigenvalue weighted by atomic mass is 79.9. The van der Waals surface area contributed by atoms with Crippen molar-refractivity contribution >= 4 is 81.4 Å². The highest BCUT2D eigenvalue weighted by Gasteiger charge is 2.40. The number of rotatable bonds is 3. The first-order valence-corrected chi connectivity index (χ1v) is 8.45. The Balaban J connectivity index is 2.54. The minimum absolute atomic E-state index is 0.0319. The van der Waals surface area contributed by atoms with Gasteiger partial charge in [-0.3, -0.25) is 19.3 Å². The molecule has 0 unspecified atom stereocenters. The number of carbonyl (C=O) groups is 3. The van der Waals surface area contributed by atoms with Gasteiger partial charge in [0, 0.05) is 30.9 Å². The molecule has 3 amide bonds. The van der Waals surface area contributed by atoms with Crippen molar-refractivity contribution in [3.63, 3.8) is 0 Å². The van der Waals surface area contributed by atoms with Gasteiger partial charge in [0.1, 0.15) is 0 Å². The van der Waals surface area contributed by atoms with Crippen molar-refractivity contribution in [2.75, 3.05) is 6.54 Å².